The van der Waals surface area contributed by atoms with Gasteiger partial charge in [0.1, 0.15) is 5.52 Å². The molecule has 0 spiro atoms. The number of halogens is 3. The Bertz CT molecular complexity index is 1170. The summed E-state index contributed by atoms with van der Waals surface area (Å²) in [5, 5.41) is 0.468. The first-order chi connectivity index (χ1) is 15.3. The first-order valence-electron chi connectivity index (χ1n) is 10.1. The molecule has 0 radical (unpaired) electrons. The minimum absolute atomic E-state index is 0.308. The molecule has 0 amide bonds. The van der Waals surface area contributed by atoms with Crippen LogP contribution in [0.4, 0.5) is 20.4 Å². The highest BCUT2D eigenvalue weighted by atomic mass is 35.5. The quantitative estimate of drug-likeness (QED) is 0.527. The summed E-state index contributed by atoms with van der Waals surface area (Å²) in [7, 11) is 1.53. The number of hydroxylamine groups is 1. The first kappa shape index (κ1) is 22.2. The fourth-order valence-corrected chi connectivity index (χ4v) is 4.26. The van der Waals surface area contributed by atoms with E-state index < -0.39 is 6.61 Å². The Hall–Kier alpha value is -2.98. The third kappa shape index (κ3) is 3.84. The number of nitrogens with zero attached hydrogens (tertiary/aromatic N) is 5. The molecule has 3 heterocycles. The van der Waals surface area contributed by atoms with E-state index >= 15 is 0 Å². The number of fused-ring (bicyclic) bond motifs is 3. The zero-order valence-corrected chi connectivity index (χ0v) is 18.9. The van der Waals surface area contributed by atoms with E-state index in [9.17, 15) is 8.78 Å². The maximum absolute atomic E-state index is 12.6. The van der Waals surface area contributed by atoms with Crippen LogP contribution in [0.3, 0.4) is 0 Å². The predicted molar refractivity (Wildman–Crippen MR) is 118 cm³/mol. The van der Waals surface area contributed by atoms with E-state index in [1.807, 2.05) is 18.4 Å². The van der Waals surface area contributed by atoms with Gasteiger partial charge in [0.25, 0.3) is 0 Å². The highest BCUT2D eigenvalue weighted by Gasteiger charge is 2.28. The summed E-state index contributed by atoms with van der Waals surface area (Å²) >= 11 is 6.49. The summed E-state index contributed by atoms with van der Waals surface area (Å²) in [4.78, 5) is 20.1. The van der Waals surface area contributed by atoms with Crippen molar-refractivity contribution in [3.05, 3.63) is 40.2 Å². The van der Waals surface area contributed by atoms with Crippen LogP contribution in [-0.4, -0.2) is 39.8 Å². The van der Waals surface area contributed by atoms with Gasteiger partial charge >= 0.3 is 12.6 Å². The zero-order valence-electron chi connectivity index (χ0n) is 18.1. The summed E-state index contributed by atoms with van der Waals surface area (Å²) in [5.74, 6) is 0.686. The number of benzene rings is 1. The second kappa shape index (κ2) is 8.87. The van der Waals surface area contributed by atoms with Crippen molar-refractivity contribution in [2.24, 2.45) is 0 Å². The summed E-state index contributed by atoms with van der Waals surface area (Å²) in [6.45, 7) is 3.99. The molecule has 11 heteroatoms. The van der Waals surface area contributed by atoms with Crippen LogP contribution in [-0.2, 0) is 11.4 Å². The van der Waals surface area contributed by atoms with E-state index in [4.69, 9.17) is 21.3 Å². The van der Waals surface area contributed by atoms with Crippen LogP contribution in [0.5, 0.6) is 6.01 Å². The molecule has 0 unspecified atom stereocenters. The number of hydrogen-bond acceptors (Lipinski definition) is 7. The Balaban J connectivity index is 1.89. The molecule has 0 aliphatic carbocycles. The van der Waals surface area contributed by atoms with Crippen LogP contribution in [0.25, 0.3) is 16.7 Å². The largest absolute Gasteiger partial charge is 0.467 e. The average Bonchev–Trinajstić information content (AvgIpc) is 3.16. The third-order valence-corrected chi connectivity index (χ3v) is 5.64. The molecule has 8 nitrogen and oxygen atoms in total. The second-order valence-electron chi connectivity index (χ2n) is 7.27. The van der Waals surface area contributed by atoms with Gasteiger partial charge in [0.05, 0.1) is 40.4 Å². The lowest BCUT2D eigenvalue weighted by Crippen LogP contribution is -2.30. The normalized spacial score (nSPS) is 14.2. The molecule has 170 valence electrons. The summed E-state index contributed by atoms with van der Waals surface area (Å²) in [6.07, 6.45) is 2.50. The molecule has 0 saturated heterocycles. The highest BCUT2D eigenvalue weighted by molar-refractivity contribution is 6.35. The van der Waals surface area contributed by atoms with Crippen LogP contribution in [0, 0.1) is 13.8 Å². The molecule has 0 atom stereocenters. The number of ether oxygens (including phenoxy) is 1. The number of nitrogens with one attached hydrogen (secondary N) is 1. The number of aryl methyl sites for hydroxylation is 3. The number of rotatable bonds is 6. The number of anilines is 2. The Morgan fingerprint density at radius 3 is 2.53 bits per heavy atom. The van der Waals surface area contributed by atoms with E-state index in [0.29, 0.717) is 40.3 Å². The van der Waals surface area contributed by atoms with Crippen molar-refractivity contribution in [2.75, 3.05) is 18.6 Å². The lowest BCUT2D eigenvalue weighted by molar-refractivity contribution is -0.157. The van der Waals surface area contributed by atoms with Crippen LogP contribution < -0.4 is 15.1 Å². The second-order valence-corrected chi connectivity index (χ2v) is 7.68. The van der Waals surface area contributed by atoms with E-state index in [1.54, 1.807) is 25.1 Å². The van der Waals surface area contributed by atoms with Crippen molar-refractivity contribution < 1.29 is 18.4 Å². The van der Waals surface area contributed by atoms with Gasteiger partial charge < -0.3 is 14.2 Å². The number of allylic oxidation sites excluding steroid dienone is 1. The van der Waals surface area contributed by atoms with Crippen LogP contribution in [0.1, 0.15) is 30.3 Å². The van der Waals surface area contributed by atoms with Gasteiger partial charge in [-0.05, 0) is 39.3 Å². The van der Waals surface area contributed by atoms with Crippen molar-refractivity contribution in [2.45, 2.75) is 40.3 Å². The molecule has 2 aromatic heterocycles. The zero-order chi connectivity index (χ0) is 23.0. The van der Waals surface area contributed by atoms with Crippen LogP contribution >= 0.6 is 11.6 Å². The fraction of sp³-hybridized carbons (Fsp3) is 0.381. The summed E-state index contributed by atoms with van der Waals surface area (Å²) in [5.41, 5.74) is 7.10. The molecule has 0 fully saturated rings. The Morgan fingerprint density at radius 1 is 1.19 bits per heavy atom. The molecule has 1 aromatic carbocycles. The van der Waals surface area contributed by atoms with Crippen molar-refractivity contribution in [3.63, 3.8) is 0 Å². The topological polar surface area (TPSA) is 77.3 Å². The van der Waals surface area contributed by atoms with Gasteiger partial charge in [-0.2, -0.15) is 18.7 Å². The first-order valence-corrected chi connectivity index (χ1v) is 10.5. The number of aromatic nitrogens is 4. The molecule has 1 aliphatic rings. The van der Waals surface area contributed by atoms with Gasteiger partial charge in [0, 0.05) is 18.7 Å². The molecule has 0 bridgehead atoms. The van der Waals surface area contributed by atoms with E-state index in [2.05, 4.69) is 25.2 Å². The maximum atomic E-state index is 12.6. The third-order valence-electron chi connectivity index (χ3n) is 5.33. The Labute approximate surface area is 188 Å². The minimum atomic E-state index is -2.95. The smallest absolute Gasteiger partial charge is 0.364 e. The number of imidazole rings is 1. The molecular weight excluding hydrogens is 442 g/mol. The molecular formula is C21H23ClF2N6O2. The van der Waals surface area contributed by atoms with Gasteiger partial charge in [-0.3, -0.25) is 5.48 Å². The Kier molecular flexibility index (Phi) is 6.16. The van der Waals surface area contributed by atoms with Crippen molar-refractivity contribution >= 4 is 40.0 Å². The van der Waals surface area contributed by atoms with Gasteiger partial charge in [-0.25, -0.2) is 9.82 Å². The lowest BCUT2D eigenvalue weighted by Gasteiger charge is -2.31. The molecule has 3 aromatic rings. The fourth-order valence-electron chi connectivity index (χ4n) is 4.07. The number of methoxy groups -OCH3 is 1. The summed E-state index contributed by atoms with van der Waals surface area (Å²) in [6, 6.07) is 3.77. The lowest BCUT2D eigenvalue weighted by atomic mass is 10.1. The number of alkyl halides is 2. The predicted octanol–water partition coefficient (Wildman–Crippen LogP) is 4.75. The number of hydrogen-bond donors (Lipinski definition) is 1. The van der Waals surface area contributed by atoms with Crippen molar-refractivity contribution in [3.8, 4) is 6.01 Å². The van der Waals surface area contributed by atoms with E-state index in [0.717, 1.165) is 35.6 Å². The van der Waals surface area contributed by atoms with Gasteiger partial charge in [0.15, 0.2) is 0 Å². The minimum Gasteiger partial charge on any atom is -0.467 e. The molecule has 4 rings (SSSR count). The molecule has 32 heavy (non-hydrogen) atoms. The van der Waals surface area contributed by atoms with Crippen molar-refractivity contribution in [1.82, 2.24) is 25.0 Å². The molecule has 1 N–H and O–H groups in total. The molecule has 1 aliphatic heterocycles. The maximum Gasteiger partial charge on any atom is 0.364 e. The Morgan fingerprint density at radius 2 is 1.91 bits per heavy atom. The van der Waals surface area contributed by atoms with E-state index in [1.165, 1.54) is 7.11 Å². The highest BCUT2D eigenvalue weighted by Crippen LogP contribution is 2.39. The SMILES string of the molecule is CC=C(NOC(F)F)c1ccc(Cl)c2nc3n(c12)CCCN3c1c(C)nc(OC)nc1C. The van der Waals surface area contributed by atoms with Crippen LogP contribution in [0.15, 0.2) is 18.2 Å². The molecule has 0 saturated carbocycles. The van der Waals surface area contributed by atoms with Gasteiger partial charge in [-0.15, -0.1) is 0 Å². The van der Waals surface area contributed by atoms with Gasteiger partial charge in [0.2, 0.25) is 5.95 Å². The standard InChI is InChI=1S/C21H23ClF2N6O2/c1-5-15(28-32-19(23)24)13-7-8-14(22)16-18(13)30-10-6-9-29(21(30)27-16)17-11(2)25-20(31-4)26-12(17)3/h5,7-8,19,28H,6,9-10H2,1-4H3. The van der Waals surface area contributed by atoms with E-state index in [-0.39, 0.29) is 0 Å². The van der Waals surface area contributed by atoms with Crippen molar-refractivity contribution in [1.29, 1.82) is 0 Å². The van der Waals surface area contributed by atoms with Crippen LogP contribution in [0.2, 0.25) is 5.02 Å². The summed E-state index contributed by atoms with van der Waals surface area (Å²) < 4.78 is 32.5. The van der Waals surface area contributed by atoms with Gasteiger partial charge in [-0.1, -0.05) is 17.7 Å². The average molecular weight is 465 g/mol. The monoisotopic (exact) mass is 464 g/mol.